The maximum absolute atomic E-state index is 13.9. The van der Waals surface area contributed by atoms with E-state index < -0.39 is 55.2 Å². The van der Waals surface area contributed by atoms with Crippen LogP contribution in [0.3, 0.4) is 0 Å². The number of piperidine rings is 1. The van der Waals surface area contributed by atoms with Crippen molar-refractivity contribution >= 4 is 93.4 Å². The van der Waals surface area contributed by atoms with Crippen LogP contribution in [-0.2, 0) is 70.7 Å². The average molecular weight is 1540 g/mol. The van der Waals surface area contributed by atoms with E-state index in [2.05, 4.69) is 79.2 Å². The number of carbonyl (C=O) groups excluding carboxylic acids is 7. The molecule has 6 heterocycles. The Balaban J connectivity index is 0.627. The van der Waals surface area contributed by atoms with Crippen molar-refractivity contribution in [1.82, 2.24) is 50.4 Å². The van der Waals surface area contributed by atoms with Gasteiger partial charge in [-0.15, -0.1) is 0 Å². The number of para-hydroxylation sites is 1. The lowest BCUT2D eigenvalue weighted by Gasteiger charge is -2.69. The molecule has 5 fully saturated rings. The zero-order chi connectivity index (χ0) is 77.4. The van der Waals surface area contributed by atoms with Gasteiger partial charge in [0.15, 0.2) is 10.8 Å². The number of pyridine rings is 1. The van der Waals surface area contributed by atoms with Crippen LogP contribution >= 0.6 is 18.9 Å². The Hall–Kier alpha value is -9.12. The number of imide groups is 1. The zero-order valence-electron chi connectivity index (χ0n) is 62.9. The number of anilines is 3. The van der Waals surface area contributed by atoms with Crippen LogP contribution in [-0.4, -0.2) is 179 Å². The number of urea groups is 1. The molecule has 0 radical (unpaired) electrons. The Morgan fingerprint density at radius 3 is 2.26 bits per heavy atom. The fourth-order valence-electron chi connectivity index (χ4n) is 18.6. The summed E-state index contributed by atoms with van der Waals surface area (Å²) in [5.74, 6) is -3.08. The number of rotatable bonds is 35. The van der Waals surface area contributed by atoms with E-state index >= 15 is 0 Å². The summed E-state index contributed by atoms with van der Waals surface area (Å²) in [7, 11) is -4.27. The first kappa shape index (κ1) is 79.4. The number of thiazole rings is 1. The number of primary amides is 1. The van der Waals surface area contributed by atoms with E-state index in [4.69, 9.17) is 30.3 Å². The Morgan fingerprint density at radius 1 is 0.807 bits per heavy atom. The number of nitrogens with one attached hydrogen (secondary N) is 5. The minimum absolute atomic E-state index is 0.00704. The standard InChI is InChI=1S/C79H103N14O14PS/c1-51(2)68(88-65(94)19-7-6-10-33-92-66(95)26-27-67(92)96)71(98)85-62(17-12-31-81-73(80)101)70(97)84-56-22-20-53(21-23-56)43-106-75(102)90-35-29-57(30-36-90)89(32-13-39-108(103,104)105)37-38-107-79-47-76(4)44-77(5,48-79)46-78(45-76,49-79)50-93-52(3)59(41-83-93)58-24-25-64(87-69(58)72(99)100)91-34-28-54-14-11-15-55(60(54)42-91)40-82-74-86-61-16-8-9-18-63(61)109-74/h8-9,11,14-16,18,20-27,41,51,57,62,68H,6-7,10,12-13,17,19,28-40,42-50H2,1-5H3,(H,82,86)(H,84,97)(H,85,98)(H,88,94)(H,99,100)(H3,80,81,101)(H2,103,104,105)/t62-,68-,76?,77?,78?,79?/m0/s1. The summed E-state index contributed by atoms with van der Waals surface area (Å²) in [5.41, 5.74) is 12.5. The fourth-order valence-corrected chi connectivity index (χ4v) is 20.0. The number of hydrogen-bond acceptors (Lipinski definition) is 18. The maximum atomic E-state index is 13.9. The lowest BCUT2D eigenvalue weighted by Crippen LogP contribution is -2.64. The number of amides is 8. The molecule has 3 aliphatic heterocycles. The second-order valence-corrected chi connectivity index (χ2v) is 34.8. The van der Waals surface area contributed by atoms with E-state index in [1.807, 2.05) is 37.3 Å². The molecular weight excluding hydrogens is 1430 g/mol. The number of carboxylic acids is 1. The lowest BCUT2D eigenvalue weighted by molar-refractivity contribution is -0.249. The summed E-state index contributed by atoms with van der Waals surface area (Å²) in [6.07, 6.45) is 13.6. The highest BCUT2D eigenvalue weighted by Gasteiger charge is 2.66. The molecule has 584 valence electrons. The predicted octanol–water partition coefficient (Wildman–Crippen LogP) is 10.0. The van der Waals surface area contributed by atoms with Gasteiger partial charge in [0.25, 0.3) is 11.8 Å². The number of aromatic nitrogens is 4. The first-order chi connectivity index (χ1) is 52.0. The maximum Gasteiger partial charge on any atom is 0.410 e. The van der Waals surface area contributed by atoms with Gasteiger partial charge in [0.05, 0.1) is 34.8 Å². The van der Waals surface area contributed by atoms with E-state index in [-0.39, 0.29) is 103 Å². The van der Waals surface area contributed by atoms with Crippen LogP contribution in [0, 0.1) is 29.1 Å². The molecule has 4 aliphatic carbocycles. The van der Waals surface area contributed by atoms with Crippen LogP contribution in [0.1, 0.15) is 162 Å². The third kappa shape index (κ3) is 19.9. The number of unbranched alkanes of at least 4 members (excludes halogenated alkanes) is 2. The van der Waals surface area contributed by atoms with Crippen molar-refractivity contribution in [3.63, 3.8) is 0 Å². The second-order valence-electron chi connectivity index (χ2n) is 31.9. The number of benzene rings is 3. The molecule has 3 aromatic carbocycles. The minimum atomic E-state index is -4.27. The number of carbonyl (C=O) groups is 8. The number of ether oxygens (including phenoxy) is 2. The number of fused-ring (bicyclic) bond motifs is 2. The molecule has 109 heavy (non-hydrogen) atoms. The van der Waals surface area contributed by atoms with Gasteiger partial charge in [-0.25, -0.2) is 24.4 Å². The van der Waals surface area contributed by atoms with E-state index in [0.29, 0.717) is 114 Å². The average Bonchev–Trinajstić information content (AvgIpc) is 0.931. The quantitative estimate of drug-likeness (QED) is 0.0101. The SMILES string of the molecule is Cc1c(-c2ccc(N3CCc4cccc(CNc5nc6ccccc6s5)c4C3)nc2C(=O)O)cnn1CC12CC3(C)CC(C)(C1)CC(OCCN(CCCP(=O)(O)O)C1CCN(C(=O)OCc4ccc(NC(=O)[C@H](CCCNC(N)=O)NC(=O)[C@@H](NC(=O)CCCCCN5C(=O)C=CC5=O)C(C)C)cc4)CC1)(C3)C2. The van der Waals surface area contributed by atoms with E-state index in [1.165, 1.54) is 23.3 Å². The van der Waals surface area contributed by atoms with Crippen LogP contribution in [0.4, 0.5) is 26.2 Å². The molecule has 4 bridgehead atoms. The Bertz CT molecular complexity index is 4370. The summed E-state index contributed by atoms with van der Waals surface area (Å²) in [5, 5.41) is 31.1. The molecule has 7 aliphatic rings. The Labute approximate surface area is 639 Å². The van der Waals surface area contributed by atoms with Crippen LogP contribution in [0.15, 0.2) is 97.2 Å². The van der Waals surface area contributed by atoms with Gasteiger partial charge in [-0.05, 0) is 184 Å². The minimum Gasteiger partial charge on any atom is -0.476 e. The molecule has 0 spiro atoms. The summed E-state index contributed by atoms with van der Waals surface area (Å²) >= 11 is 1.63. The van der Waals surface area contributed by atoms with E-state index in [9.17, 15) is 57.8 Å². The van der Waals surface area contributed by atoms with Crippen molar-refractivity contribution in [1.29, 1.82) is 0 Å². The number of aromatic carboxylic acids is 1. The van der Waals surface area contributed by atoms with Crippen molar-refractivity contribution in [2.45, 2.75) is 187 Å². The van der Waals surface area contributed by atoms with Gasteiger partial charge in [-0.3, -0.25) is 43.0 Å². The van der Waals surface area contributed by atoms with Crippen molar-refractivity contribution < 1.29 is 67.3 Å². The molecule has 28 nitrogen and oxygen atoms in total. The van der Waals surface area contributed by atoms with Crippen LogP contribution in [0.5, 0.6) is 0 Å². The first-order valence-electron chi connectivity index (χ1n) is 38.1. The first-order valence-corrected chi connectivity index (χ1v) is 40.8. The number of nitrogens with zero attached hydrogens (tertiary/aromatic N) is 8. The predicted molar refractivity (Wildman–Crippen MR) is 413 cm³/mol. The van der Waals surface area contributed by atoms with E-state index in [1.54, 1.807) is 60.5 Å². The van der Waals surface area contributed by atoms with Gasteiger partial charge in [0.1, 0.15) is 24.5 Å². The smallest absolute Gasteiger partial charge is 0.410 e. The monoisotopic (exact) mass is 1530 g/mol. The van der Waals surface area contributed by atoms with Crippen molar-refractivity contribution in [2.75, 3.05) is 74.1 Å². The van der Waals surface area contributed by atoms with E-state index in [0.717, 1.165) is 82.0 Å². The van der Waals surface area contributed by atoms with Crippen molar-refractivity contribution in [3.05, 3.63) is 131 Å². The van der Waals surface area contributed by atoms with Crippen molar-refractivity contribution in [3.8, 4) is 11.1 Å². The molecule has 4 atom stereocenters. The normalized spacial score (nSPS) is 21.6. The summed E-state index contributed by atoms with van der Waals surface area (Å²) in [6.45, 7) is 15.4. The summed E-state index contributed by atoms with van der Waals surface area (Å²) < 4.78 is 28.4. The number of nitrogens with two attached hydrogens (primary N) is 1. The molecule has 3 aromatic heterocycles. The van der Waals surface area contributed by atoms with Crippen LogP contribution < -0.4 is 37.2 Å². The van der Waals surface area contributed by atoms with Gasteiger partial charge in [-0.1, -0.05) is 87.9 Å². The van der Waals surface area contributed by atoms with Crippen molar-refractivity contribution in [2.24, 2.45) is 27.9 Å². The van der Waals surface area contributed by atoms with Gasteiger partial charge in [0, 0.05) is 106 Å². The third-order valence-corrected chi connectivity index (χ3v) is 24.5. The Kier molecular flexibility index (Phi) is 24.8. The third-order valence-electron chi connectivity index (χ3n) is 22.6. The van der Waals surface area contributed by atoms with Gasteiger partial charge in [0.2, 0.25) is 17.7 Å². The lowest BCUT2D eigenvalue weighted by atomic mass is 9.39. The Morgan fingerprint density at radius 2 is 1.55 bits per heavy atom. The molecule has 30 heteroatoms. The zero-order valence-corrected chi connectivity index (χ0v) is 64.6. The summed E-state index contributed by atoms with van der Waals surface area (Å²) in [6, 6.07) is 22.2. The molecular formula is C79H103N14O14PS. The number of likely N-dealkylation sites (tertiary alicyclic amines) is 1. The molecule has 4 saturated carbocycles. The number of hydrogen-bond donors (Lipinski definition) is 9. The molecule has 6 aromatic rings. The van der Waals surface area contributed by atoms with Gasteiger partial charge >= 0.3 is 25.7 Å². The van der Waals surface area contributed by atoms with Crippen LogP contribution in [0.2, 0.25) is 0 Å². The largest absolute Gasteiger partial charge is 0.476 e. The second kappa shape index (κ2) is 34.0. The fraction of sp³-hybridized carbons (Fsp3) is 0.532. The number of carboxylic acid groups (broad SMARTS) is 1. The highest BCUT2D eigenvalue weighted by atomic mass is 32.1. The molecule has 2 unspecified atom stereocenters. The highest BCUT2D eigenvalue weighted by molar-refractivity contribution is 7.51. The topological polar surface area (TPSA) is 376 Å². The van der Waals surface area contributed by atoms with Gasteiger partial charge < -0.3 is 66.5 Å². The highest BCUT2D eigenvalue weighted by Crippen LogP contribution is 2.72. The molecule has 13 rings (SSSR count). The van der Waals surface area contributed by atoms with Crippen LogP contribution in [0.25, 0.3) is 21.3 Å². The molecule has 10 N–H and O–H groups in total. The summed E-state index contributed by atoms with van der Waals surface area (Å²) in [4.78, 5) is 139. The molecule has 8 amide bonds. The molecule has 1 saturated heterocycles. The van der Waals surface area contributed by atoms with Gasteiger partial charge in [-0.2, -0.15) is 5.10 Å².